The van der Waals surface area contributed by atoms with E-state index in [1.807, 2.05) is 53.5 Å². The number of amides is 2. The van der Waals surface area contributed by atoms with Crippen molar-refractivity contribution in [2.24, 2.45) is 11.8 Å². The predicted molar refractivity (Wildman–Crippen MR) is 115 cm³/mol. The number of anilines is 1. The van der Waals surface area contributed by atoms with Crippen LogP contribution in [0.4, 0.5) is 5.82 Å². The molecule has 3 aliphatic heterocycles. The maximum Gasteiger partial charge on any atom is 0.261 e. The van der Waals surface area contributed by atoms with E-state index in [1.165, 1.54) is 11.3 Å². The van der Waals surface area contributed by atoms with Crippen LogP contribution in [0, 0.1) is 11.8 Å². The number of pyridine rings is 1. The lowest BCUT2D eigenvalue weighted by Gasteiger charge is -2.29. The van der Waals surface area contributed by atoms with E-state index in [0.717, 1.165) is 23.5 Å². The molecule has 158 valence electrons. The molecule has 0 aliphatic carbocycles. The number of nitrogens with zero attached hydrogens (tertiary/aromatic N) is 3. The van der Waals surface area contributed by atoms with Crippen LogP contribution in [0.15, 0.2) is 35.8 Å². The van der Waals surface area contributed by atoms with Crippen molar-refractivity contribution < 1.29 is 14.3 Å². The Balaban J connectivity index is 1.27. The van der Waals surface area contributed by atoms with E-state index in [2.05, 4.69) is 10.3 Å². The van der Waals surface area contributed by atoms with Crippen molar-refractivity contribution in [2.75, 3.05) is 38.6 Å². The molecule has 3 saturated heterocycles. The summed E-state index contributed by atoms with van der Waals surface area (Å²) in [5.74, 6) is 1.31. The monoisotopic (exact) mass is 426 g/mol. The van der Waals surface area contributed by atoms with Crippen molar-refractivity contribution in [3.8, 4) is 0 Å². The fourth-order valence-corrected chi connectivity index (χ4v) is 5.92. The van der Waals surface area contributed by atoms with Crippen LogP contribution in [0.5, 0.6) is 0 Å². The number of fused-ring (bicyclic) bond motifs is 1. The number of thiophene rings is 1. The summed E-state index contributed by atoms with van der Waals surface area (Å²) in [4.78, 5) is 34.4. The Kier molecular flexibility index (Phi) is 4.78. The van der Waals surface area contributed by atoms with Crippen LogP contribution in [-0.4, -0.2) is 67.1 Å². The first-order chi connectivity index (χ1) is 14.5. The molecular weight excluding hydrogens is 400 g/mol. The van der Waals surface area contributed by atoms with Gasteiger partial charge in [0.25, 0.3) is 11.8 Å². The zero-order valence-electron chi connectivity index (χ0n) is 17.2. The lowest BCUT2D eigenvalue weighted by molar-refractivity contribution is 0.00317. The number of nitrogens with one attached hydrogen (secondary N) is 1. The van der Waals surface area contributed by atoms with E-state index in [-0.39, 0.29) is 35.4 Å². The minimum Gasteiger partial charge on any atom is -0.369 e. The molecule has 3 fully saturated rings. The standard InChI is InChI=1S/C22H26N4O3S/c1-25(2)19-6-5-14(10-23-19)21(28)26-12-16-15(17-7-8-22(16,13-26)29-17)11-24-20(27)18-4-3-9-30-18/h3-6,9-10,15-17H,7-8,11-13H2,1-2H3,(H,24,27)/t15-,16+,17+,22+/m0/s1. The van der Waals surface area contributed by atoms with Crippen LogP contribution in [0.2, 0.25) is 0 Å². The molecule has 0 aromatic carbocycles. The minimum absolute atomic E-state index is 0.00463. The Morgan fingerprint density at radius 1 is 1.37 bits per heavy atom. The molecule has 1 spiro atoms. The van der Waals surface area contributed by atoms with Crippen LogP contribution >= 0.6 is 11.3 Å². The van der Waals surface area contributed by atoms with Gasteiger partial charge in [-0.3, -0.25) is 9.59 Å². The van der Waals surface area contributed by atoms with Crippen molar-refractivity contribution >= 4 is 29.0 Å². The average molecular weight is 427 g/mol. The first-order valence-electron chi connectivity index (χ1n) is 10.4. The highest BCUT2D eigenvalue weighted by Gasteiger charge is 2.63. The molecule has 0 unspecified atom stereocenters. The third kappa shape index (κ3) is 3.18. The van der Waals surface area contributed by atoms with Crippen LogP contribution in [0.25, 0.3) is 0 Å². The Labute approximate surface area is 180 Å². The van der Waals surface area contributed by atoms with Gasteiger partial charge in [-0.1, -0.05) is 6.07 Å². The van der Waals surface area contributed by atoms with Gasteiger partial charge in [-0.2, -0.15) is 0 Å². The summed E-state index contributed by atoms with van der Waals surface area (Å²) in [6.07, 6.45) is 3.81. The van der Waals surface area contributed by atoms with E-state index in [1.54, 1.807) is 6.20 Å². The van der Waals surface area contributed by atoms with Crippen molar-refractivity contribution in [3.05, 3.63) is 46.3 Å². The molecule has 1 N–H and O–H groups in total. The van der Waals surface area contributed by atoms with E-state index in [0.29, 0.717) is 25.2 Å². The van der Waals surface area contributed by atoms with Crippen molar-refractivity contribution in [1.29, 1.82) is 0 Å². The topological polar surface area (TPSA) is 74.8 Å². The molecule has 2 amide bonds. The third-order valence-corrected chi connectivity index (χ3v) is 7.64. The van der Waals surface area contributed by atoms with Crippen LogP contribution in [0.3, 0.4) is 0 Å². The molecule has 8 heteroatoms. The van der Waals surface area contributed by atoms with Crippen LogP contribution in [0.1, 0.15) is 32.9 Å². The number of likely N-dealkylation sites (tertiary alicyclic amines) is 1. The zero-order chi connectivity index (χ0) is 20.9. The SMILES string of the molecule is CN(C)c1ccc(C(=O)N2C[C@@H]3[C@H](CNC(=O)c4cccs4)[C@H]4CC[C@]3(C2)O4)cn1. The van der Waals surface area contributed by atoms with Gasteiger partial charge in [0, 0.05) is 45.2 Å². The summed E-state index contributed by atoms with van der Waals surface area (Å²) in [6, 6.07) is 7.43. The molecule has 5 heterocycles. The molecule has 5 rings (SSSR count). The number of ether oxygens (including phenoxy) is 1. The third-order valence-electron chi connectivity index (χ3n) is 6.77. The summed E-state index contributed by atoms with van der Waals surface area (Å²) >= 11 is 1.45. The van der Waals surface area contributed by atoms with Gasteiger partial charge >= 0.3 is 0 Å². The number of rotatable bonds is 5. The zero-order valence-corrected chi connectivity index (χ0v) is 18.0. The molecule has 2 aromatic rings. The smallest absolute Gasteiger partial charge is 0.261 e. The molecule has 4 atom stereocenters. The Bertz CT molecular complexity index is 946. The van der Waals surface area contributed by atoms with Crippen LogP contribution in [-0.2, 0) is 4.74 Å². The van der Waals surface area contributed by atoms with Gasteiger partial charge in [-0.05, 0) is 36.4 Å². The highest BCUT2D eigenvalue weighted by Crippen LogP contribution is 2.54. The van der Waals surface area contributed by atoms with Crippen molar-refractivity contribution in [2.45, 2.75) is 24.5 Å². The number of carbonyl (C=O) groups is 2. The van der Waals surface area contributed by atoms with E-state index in [4.69, 9.17) is 4.74 Å². The quantitative estimate of drug-likeness (QED) is 0.794. The minimum atomic E-state index is -0.254. The van der Waals surface area contributed by atoms with Gasteiger partial charge in [-0.15, -0.1) is 11.3 Å². The van der Waals surface area contributed by atoms with Gasteiger partial charge in [0.1, 0.15) is 5.82 Å². The maximum absolute atomic E-state index is 13.1. The lowest BCUT2D eigenvalue weighted by atomic mass is 9.73. The van der Waals surface area contributed by atoms with Gasteiger partial charge in [-0.25, -0.2) is 4.98 Å². The molecular formula is C22H26N4O3S. The first-order valence-corrected chi connectivity index (χ1v) is 11.3. The van der Waals surface area contributed by atoms with E-state index >= 15 is 0 Å². The van der Waals surface area contributed by atoms with Gasteiger partial charge in [0.05, 0.1) is 28.7 Å². The molecule has 2 bridgehead atoms. The predicted octanol–water partition coefficient (Wildman–Crippen LogP) is 2.26. The Morgan fingerprint density at radius 3 is 2.93 bits per heavy atom. The number of aromatic nitrogens is 1. The highest BCUT2D eigenvalue weighted by atomic mass is 32.1. The molecule has 0 radical (unpaired) electrons. The summed E-state index contributed by atoms with van der Waals surface area (Å²) in [5.41, 5.74) is 0.351. The molecule has 0 saturated carbocycles. The fourth-order valence-electron chi connectivity index (χ4n) is 5.28. The Morgan fingerprint density at radius 2 is 2.23 bits per heavy atom. The molecule has 30 heavy (non-hydrogen) atoms. The van der Waals surface area contributed by atoms with Crippen molar-refractivity contribution in [3.63, 3.8) is 0 Å². The first kappa shape index (κ1) is 19.5. The summed E-state index contributed by atoms with van der Waals surface area (Å²) in [7, 11) is 3.85. The Hall–Kier alpha value is -2.45. The number of carbonyl (C=O) groups excluding carboxylic acids is 2. The second-order valence-electron chi connectivity index (χ2n) is 8.70. The van der Waals surface area contributed by atoms with E-state index in [9.17, 15) is 9.59 Å². The van der Waals surface area contributed by atoms with E-state index < -0.39 is 0 Å². The molecule has 7 nitrogen and oxygen atoms in total. The maximum atomic E-state index is 13.1. The second-order valence-corrected chi connectivity index (χ2v) is 9.65. The van der Waals surface area contributed by atoms with Gasteiger partial charge in [0.2, 0.25) is 0 Å². The summed E-state index contributed by atoms with van der Waals surface area (Å²) < 4.78 is 6.42. The van der Waals surface area contributed by atoms with Gasteiger partial charge in [0.15, 0.2) is 0 Å². The summed E-state index contributed by atoms with van der Waals surface area (Å²) in [6.45, 7) is 1.89. The van der Waals surface area contributed by atoms with Crippen molar-refractivity contribution in [1.82, 2.24) is 15.2 Å². The summed E-state index contributed by atoms with van der Waals surface area (Å²) in [5, 5.41) is 4.99. The number of hydrogen-bond donors (Lipinski definition) is 1. The average Bonchev–Trinajstić information content (AvgIpc) is 3.52. The lowest BCUT2D eigenvalue weighted by Crippen LogP contribution is -2.41. The highest BCUT2D eigenvalue weighted by molar-refractivity contribution is 7.12. The largest absolute Gasteiger partial charge is 0.369 e. The van der Waals surface area contributed by atoms with Gasteiger partial charge < -0.3 is 19.9 Å². The number of hydrogen-bond acceptors (Lipinski definition) is 6. The normalized spacial score (nSPS) is 29.1. The molecule has 2 aromatic heterocycles. The second kappa shape index (κ2) is 7.35. The molecule has 3 aliphatic rings. The fraction of sp³-hybridized carbons (Fsp3) is 0.500. The van der Waals surface area contributed by atoms with Crippen LogP contribution < -0.4 is 10.2 Å².